The molecule has 0 aromatic carbocycles. The molecule has 0 radical (unpaired) electrons. The minimum atomic E-state index is -0.551. The van der Waals surface area contributed by atoms with E-state index in [9.17, 15) is 0 Å². The molecule has 1 rings (SSSR count). The highest BCUT2D eigenvalue weighted by atomic mass is 14.4. The minimum Gasteiger partial charge on any atom is -0.762 e. The monoisotopic (exact) mass is 304 g/mol. The molecule has 0 atom stereocenters. The lowest BCUT2D eigenvalue weighted by molar-refractivity contribution is 1.19. The van der Waals surface area contributed by atoms with Gasteiger partial charge < -0.3 is 10.8 Å². The van der Waals surface area contributed by atoms with E-state index in [0.717, 1.165) is 0 Å². The molecular formula is C16N8-2. The molecule has 24 heavy (non-hydrogen) atoms. The smallest absolute Gasteiger partial charge is 0.138 e. The molecule has 106 valence electrons. The van der Waals surface area contributed by atoms with Crippen molar-refractivity contribution in [3.05, 3.63) is 55.4 Å². The maximum absolute atomic E-state index is 9.04. The van der Waals surface area contributed by atoms with Gasteiger partial charge in [0.15, 0.2) is 0 Å². The summed E-state index contributed by atoms with van der Waals surface area (Å²) in [6.07, 6.45) is 0. The maximum Gasteiger partial charge on any atom is 0.138 e. The molecule has 0 N–H and O–H groups in total. The average molecular weight is 304 g/mol. The summed E-state index contributed by atoms with van der Waals surface area (Å²) in [6, 6.07) is 9.24. The van der Waals surface area contributed by atoms with Gasteiger partial charge in [-0.05, 0) is 0 Å². The summed E-state index contributed by atoms with van der Waals surface area (Å²) in [5.74, 6) is 3.08. The first-order valence-electron chi connectivity index (χ1n) is 5.79. The zero-order chi connectivity index (χ0) is 18.3. The number of nitriles is 6. The Bertz CT molecular complexity index is 979. The number of hydrogen-bond acceptors (Lipinski definition) is 6. The van der Waals surface area contributed by atoms with Gasteiger partial charge in [0.1, 0.15) is 47.6 Å². The third kappa shape index (κ3) is 2.37. The van der Waals surface area contributed by atoms with Gasteiger partial charge in [0.05, 0.1) is 11.1 Å². The Morgan fingerprint density at radius 1 is 0.542 bits per heavy atom. The predicted octanol–water partition coefficient (Wildman–Crippen LogP) is 1.36. The van der Waals surface area contributed by atoms with E-state index in [1.54, 1.807) is 0 Å². The Balaban J connectivity index is 4.30. The normalized spacial score (nSPS) is 10.8. The lowest BCUT2D eigenvalue weighted by Crippen LogP contribution is -2.20. The van der Waals surface area contributed by atoms with Crippen LogP contribution in [0.4, 0.5) is 0 Å². The van der Waals surface area contributed by atoms with Crippen molar-refractivity contribution in [3.8, 4) is 36.4 Å². The first kappa shape index (κ1) is 17.1. The van der Waals surface area contributed by atoms with Gasteiger partial charge >= 0.3 is 0 Å². The second-order valence-corrected chi connectivity index (χ2v) is 3.89. The van der Waals surface area contributed by atoms with Crippen molar-refractivity contribution in [1.82, 2.24) is 0 Å². The highest BCUT2D eigenvalue weighted by Gasteiger charge is 2.38. The van der Waals surface area contributed by atoms with E-state index in [4.69, 9.17) is 42.4 Å². The summed E-state index contributed by atoms with van der Waals surface area (Å²) in [4.78, 5) is 0. The third-order valence-electron chi connectivity index (χ3n) is 2.89. The lowest BCUT2D eigenvalue weighted by Gasteiger charge is -2.30. The Kier molecular flexibility index (Phi) is 5.12. The number of nitrogens with zero attached hydrogens (tertiary/aromatic N) is 8. The summed E-state index contributed by atoms with van der Waals surface area (Å²) < 4.78 is 0. The van der Waals surface area contributed by atoms with Crippen LogP contribution in [0, 0.1) is 68.0 Å². The fraction of sp³-hybridized carbons (Fsp3) is 0. The van der Waals surface area contributed by atoms with Crippen molar-refractivity contribution < 1.29 is 0 Å². The van der Waals surface area contributed by atoms with Gasteiger partial charge in [0, 0.05) is 22.3 Å². The van der Waals surface area contributed by atoms with Crippen LogP contribution >= 0.6 is 0 Å². The standard InChI is InChI=1S/C16N8/c17-1-9(2-18)13-14(10(3-19)4-20)16(12(7-23)8-24)15(13)11(5-21)6-22/q-2. The topological polar surface area (TPSA) is 187 Å². The zero-order valence-corrected chi connectivity index (χ0v) is 11.6. The summed E-state index contributed by atoms with van der Waals surface area (Å²) in [7, 11) is 0. The van der Waals surface area contributed by atoms with E-state index < -0.39 is 22.3 Å². The molecule has 0 saturated heterocycles. The van der Waals surface area contributed by atoms with Gasteiger partial charge in [-0.2, -0.15) is 31.6 Å². The molecule has 1 aliphatic rings. The van der Waals surface area contributed by atoms with Crippen LogP contribution in [0.15, 0.2) is 44.6 Å². The van der Waals surface area contributed by atoms with Crippen LogP contribution in [0.1, 0.15) is 0 Å². The van der Waals surface area contributed by atoms with Crippen LogP contribution in [0.2, 0.25) is 0 Å². The average Bonchev–Trinajstić information content (AvgIpc) is 2.62. The molecule has 0 saturated carbocycles. The van der Waals surface area contributed by atoms with Crippen molar-refractivity contribution >= 4 is 11.7 Å². The fourth-order valence-electron chi connectivity index (χ4n) is 1.98. The Hall–Kier alpha value is -4.94. The van der Waals surface area contributed by atoms with Crippen LogP contribution in [0.5, 0.6) is 0 Å². The van der Waals surface area contributed by atoms with E-state index >= 15 is 0 Å². The molecule has 8 nitrogen and oxygen atoms in total. The van der Waals surface area contributed by atoms with E-state index in [1.807, 2.05) is 0 Å². The molecule has 0 aromatic rings. The maximum atomic E-state index is 9.04. The summed E-state index contributed by atoms with van der Waals surface area (Å²) in [5.41, 5.74) is -3.28. The molecule has 0 aliphatic heterocycles. The molecule has 0 bridgehead atoms. The highest BCUT2D eigenvalue weighted by Crippen LogP contribution is 2.48. The van der Waals surface area contributed by atoms with Crippen LogP contribution in [-0.4, -0.2) is 11.7 Å². The molecular weight excluding hydrogens is 304 g/mol. The minimum absolute atomic E-state index is 0.269. The summed E-state index contributed by atoms with van der Waals surface area (Å²) >= 11 is 0. The molecule has 0 unspecified atom stereocenters. The quantitative estimate of drug-likeness (QED) is 0.546. The summed E-state index contributed by atoms with van der Waals surface area (Å²) in [5, 5.41) is 72.3. The molecule has 0 fully saturated rings. The zero-order valence-electron chi connectivity index (χ0n) is 11.6. The van der Waals surface area contributed by atoms with E-state index in [-0.39, 0.29) is 22.3 Å². The van der Waals surface area contributed by atoms with Gasteiger partial charge in [-0.1, -0.05) is 0 Å². The third-order valence-corrected chi connectivity index (χ3v) is 2.89. The first-order valence-corrected chi connectivity index (χ1v) is 5.79. The van der Waals surface area contributed by atoms with E-state index in [1.165, 1.54) is 48.2 Å². The summed E-state index contributed by atoms with van der Waals surface area (Å²) in [6.45, 7) is 0. The van der Waals surface area contributed by atoms with Crippen LogP contribution in [0.25, 0.3) is 10.8 Å². The Morgan fingerprint density at radius 2 is 0.833 bits per heavy atom. The van der Waals surface area contributed by atoms with Gasteiger partial charge in [-0.25, -0.2) is 11.7 Å². The van der Waals surface area contributed by atoms with Crippen LogP contribution in [0.3, 0.4) is 0 Å². The van der Waals surface area contributed by atoms with Crippen molar-refractivity contribution in [2.45, 2.75) is 0 Å². The Morgan fingerprint density at radius 3 is 1.00 bits per heavy atom. The van der Waals surface area contributed by atoms with Gasteiger partial charge in [0.2, 0.25) is 0 Å². The largest absolute Gasteiger partial charge is 0.762 e. The Labute approximate surface area is 135 Å². The lowest BCUT2D eigenvalue weighted by atomic mass is 9.68. The highest BCUT2D eigenvalue weighted by molar-refractivity contribution is 5.96. The van der Waals surface area contributed by atoms with Gasteiger partial charge in [0.25, 0.3) is 0 Å². The molecule has 0 amide bonds. The number of allylic oxidation sites excluding steroid dienone is 8. The molecule has 1 aliphatic carbocycles. The van der Waals surface area contributed by atoms with Crippen LogP contribution < -0.4 is 0 Å². The van der Waals surface area contributed by atoms with Crippen LogP contribution in [-0.2, 0) is 0 Å². The number of hydrogen-bond donors (Lipinski definition) is 0. The van der Waals surface area contributed by atoms with Crippen molar-refractivity contribution in [2.24, 2.45) is 0 Å². The van der Waals surface area contributed by atoms with Crippen molar-refractivity contribution in [2.75, 3.05) is 0 Å². The molecule has 0 heterocycles. The second kappa shape index (κ2) is 7.18. The van der Waals surface area contributed by atoms with Gasteiger partial charge in [-0.3, -0.25) is 0 Å². The first-order chi connectivity index (χ1) is 11.6. The predicted molar refractivity (Wildman–Crippen MR) is 78.5 cm³/mol. The molecule has 8 heteroatoms. The van der Waals surface area contributed by atoms with E-state index in [2.05, 4.69) is 0 Å². The fourth-order valence-corrected chi connectivity index (χ4v) is 1.98. The van der Waals surface area contributed by atoms with Gasteiger partial charge in [-0.15, -0.1) is 0 Å². The van der Waals surface area contributed by atoms with Crippen molar-refractivity contribution in [3.63, 3.8) is 0 Å². The van der Waals surface area contributed by atoms with E-state index in [0.29, 0.717) is 0 Å². The second-order valence-electron chi connectivity index (χ2n) is 3.89. The number of rotatable bonds is 2. The van der Waals surface area contributed by atoms with Crippen molar-refractivity contribution in [1.29, 1.82) is 31.6 Å². The molecule has 0 aromatic heterocycles. The molecule has 0 spiro atoms. The SMILES string of the molecule is N#CC(=C=[N-])C1=C(C(=C=[N-])C#N)C(=C(C#N)C#N)C1=C(C#N)C#N.